The Balaban J connectivity index is 1.67. The minimum atomic E-state index is -1.97. The van der Waals surface area contributed by atoms with Crippen molar-refractivity contribution in [2.24, 2.45) is 0 Å². The van der Waals surface area contributed by atoms with Crippen LogP contribution in [0.5, 0.6) is 0 Å². The maximum absolute atomic E-state index is 6.50. The maximum atomic E-state index is 6.50. The summed E-state index contributed by atoms with van der Waals surface area (Å²) in [7, 11) is 0. The molecule has 0 atom stereocenters. The van der Waals surface area contributed by atoms with Crippen LogP contribution in [0.1, 0.15) is 0 Å². The molecule has 6 rings (SSSR count). The van der Waals surface area contributed by atoms with Gasteiger partial charge in [0, 0.05) is 0 Å². The van der Waals surface area contributed by atoms with E-state index in [0.717, 1.165) is 44.5 Å². The van der Waals surface area contributed by atoms with E-state index in [9.17, 15) is 0 Å². The van der Waals surface area contributed by atoms with Gasteiger partial charge in [-0.15, -0.1) is 0 Å². The summed E-state index contributed by atoms with van der Waals surface area (Å²) < 4.78 is 10.1. The van der Waals surface area contributed by atoms with Crippen LogP contribution in [0, 0.1) is 0 Å². The van der Waals surface area contributed by atoms with E-state index in [2.05, 4.69) is 80.6 Å². The minimum absolute atomic E-state index is 0.614. The van der Waals surface area contributed by atoms with Crippen molar-refractivity contribution in [2.75, 3.05) is 0 Å². The van der Waals surface area contributed by atoms with Crippen molar-refractivity contribution in [3.8, 4) is 17.1 Å². The van der Waals surface area contributed by atoms with Crippen molar-refractivity contribution < 1.29 is 4.42 Å². The second-order valence-corrected chi connectivity index (χ2v) is 19.7. The van der Waals surface area contributed by atoms with Gasteiger partial charge in [-0.2, -0.15) is 0 Å². The van der Waals surface area contributed by atoms with E-state index in [-0.39, 0.29) is 0 Å². The van der Waals surface area contributed by atoms with Crippen molar-refractivity contribution in [1.82, 2.24) is 19.7 Å². The zero-order chi connectivity index (χ0) is 21.9. The van der Waals surface area contributed by atoms with Gasteiger partial charge in [-0.1, -0.05) is 0 Å². The van der Waals surface area contributed by atoms with Gasteiger partial charge < -0.3 is 0 Å². The zero-order valence-corrected chi connectivity index (χ0v) is 20.3. The van der Waals surface area contributed by atoms with Crippen molar-refractivity contribution >= 4 is 50.8 Å². The Morgan fingerprint density at radius 3 is 2.50 bits per heavy atom. The first kappa shape index (κ1) is 19.3. The predicted octanol–water partition coefficient (Wildman–Crippen LogP) is 5.93. The molecular weight excluding hydrogens is 457 g/mol. The summed E-state index contributed by atoms with van der Waals surface area (Å²) in [6, 6.07) is 25.2. The predicted molar refractivity (Wildman–Crippen MR) is 132 cm³/mol. The van der Waals surface area contributed by atoms with Crippen LogP contribution in [-0.2, 0) is 0 Å². The topological polar surface area (TPSA) is 56.7 Å². The van der Waals surface area contributed by atoms with Crippen LogP contribution in [-0.4, -0.2) is 33.0 Å². The zero-order valence-electron chi connectivity index (χ0n) is 18.2. The summed E-state index contributed by atoms with van der Waals surface area (Å²) in [5.74, 6) is 8.00. The monoisotopic (exact) mass is 480 g/mol. The summed E-state index contributed by atoms with van der Waals surface area (Å²) >= 11 is -1.97. The fourth-order valence-electron chi connectivity index (χ4n) is 4.30. The van der Waals surface area contributed by atoms with Gasteiger partial charge in [-0.25, -0.2) is 0 Å². The third kappa shape index (κ3) is 2.96. The van der Waals surface area contributed by atoms with Crippen molar-refractivity contribution in [2.45, 2.75) is 17.3 Å². The van der Waals surface area contributed by atoms with Crippen LogP contribution in [0.4, 0.5) is 0 Å². The van der Waals surface area contributed by atoms with E-state index in [1.165, 1.54) is 4.40 Å². The molecule has 3 aromatic heterocycles. The third-order valence-electron chi connectivity index (χ3n) is 5.97. The number of fused-ring (bicyclic) bond motifs is 4. The van der Waals surface area contributed by atoms with Gasteiger partial charge in [0.25, 0.3) is 0 Å². The molecule has 6 heteroatoms. The average molecular weight is 479 g/mol. The molecule has 3 aromatic carbocycles. The van der Waals surface area contributed by atoms with Crippen LogP contribution in [0.3, 0.4) is 0 Å². The SMILES string of the molecule is [CH3][Ge]([CH3])([CH3])[c]1ccc2c(c1)oc1c(-c3nc4nnccc4n3-c3ccccc3)cccc12. The number of imidazole rings is 1. The molecule has 32 heavy (non-hydrogen) atoms. The first-order valence-corrected chi connectivity index (χ1v) is 18.1. The van der Waals surface area contributed by atoms with Gasteiger partial charge in [0.15, 0.2) is 0 Å². The Labute approximate surface area is 188 Å². The summed E-state index contributed by atoms with van der Waals surface area (Å²) in [5, 5.41) is 10.5. The van der Waals surface area contributed by atoms with Gasteiger partial charge in [0.1, 0.15) is 0 Å². The van der Waals surface area contributed by atoms with Crippen LogP contribution in [0.15, 0.2) is 83.4 Å². The molecule has 0 spiro atoms. The molecule has 0 radical (unpaired) electrons. The molecule has 5 nitrogen and oxygen atoms in total. The summed E-state index contributed by atoms with van der Waals surface area (Å²) in [6.07, 6.45) is 1.70. The molecule has 0 fully saturated rings. The van der Waals surface area contributed by atoms with E-state index >= 15 is 0 Å². The van der Waals surface area contributed by atoms with Crippen molar-refractivity contribution in [3.63, 3.8) is 0 Å². The molecule has 0 saturated heterocycles. The Morgan fingerprint density at radius 1 is 0.844 bits per heavy atom. The molecule has 0 bridgehead atoms. The van der Waals surface area contributed by atoms with Gasteiger partial charge in [0.05, 0.1) is 0 Å². The molecule has 0 amide bonds. The number of nitrogens with zero attached hydrogens (tertiary/aromatic N) is 4. The number of aromatic nitrogens is 4. The van der Waals surface area contributed by atoms with Crippen molar-refractivity contribution in [3.05, 3.63) is 79.0 Å². The second kappa shape index (κ2) is 7.03. The van der Waals surface area contributed by atoms with Crippen LogP contribution in [0.2, 0.25) is 17.3 Å². The van der Waals surface area contributed by atoms with Gasteiger partial charge >= 0.3 is 188 Å². The number of rotatable bonds is 3. The van der Waals surface area contributed by atoms with Crippen LogP contribution < -0.4 is 4.40 Å². The molecule has 3 heterocycles. The Hall–Kier alpha value is -3.45. The number of hydrogen-bond acceptors (Lipinski definition) is 4. The Morgan fingerprint density at radius 2 is 1.69 bits per heavy atom. The molecule has 0 aliphatic rings. The number of hydrogen-bond donors (Lipinski definition) is 0. The number of furan rings is 1. The van der Waals surface area contributed by atoms with E-state index in [4.69, 9.17) is 9.40 Å². The van der Waals surface area contributed by atoms with Gasteiger partial charge in [-0.05, 0) is 0 Å². The first-order valence-electron chi connectivity index (χ1n) is 10.7. The first-order chi connectivity index (χ1) is 15.5. The molecule has 156 valence electrons. The summed E-state index contributed by atoms with van der Waals surface area (Å²) in [5.41, 5.74) is 5.28. The molecule has 0 saturated carbocycles. The van der Waals surface area contributed by atoms with E-state index in [0.29, 0.717) is 5.65 Å². The van der Waals surface area contributed by atoms with Crippen LogP contribution >= 0.6 is 0 Å². The quantitative estimate of drug-likeness (QED) is 0.296. The molecule has 0 N–H and O–H groups in total. The Kier molecular flexibility index (Phi) is 4.23. The molecule has 6 aromatic rings. The number of para-hydroxylation sites is 2. The van der Waals surface area contributed by atoms with Gasteiger partial charge in [0.2, 0.25) is 0 Å². The third-order valence-corrected chi connectivity index (χ3v) is 10.3. The second-order valence-electron chi connectivity index (χ2n) is 9.09. The van der Waals surface area contributed by atoms with Gasteiger partial charge in [-0.3, -0.25) is 0 Å². The van der Waals surface area contributed by atoms with Crippen LogP contribution in [0.25, 0.3) is 50.2 Å². The Bertz CT molecular complexity index is 1610. The summed E-state index contributed by atoms with van der Waals surface area (Å²) in [6.45, 7) is 0. The molecule has 0 aliphatic heterocycles. The molecular formula is C26H22GeN4O. The van der Waals surface area contributed by atoms with E-state index in [1.807, 2.05) is 24.3 Å². The fourth-order valence-corrected chi connectivity index (χ4v) is 6.70. The number of benzene rings is 3. The van der Waals surface area contributed by atoms with Crippen molar-refractivity contribution in [1.29, 1.82) is 0 Å². The molecule has 0 aliphatic carbocycles. The standard InChI is InChI=1S/C26H22GeN4O/c1-27(2,3)17-12-13-19-20-10-7-11-21(24(20)32-23(19)16-17)26-29-25-22(14-15-28-30-25)31(26)18-8-5-4-6-9-18/h4-16H,1-3H3. The average Bonchev–Trinajstić information content (AvgIpc) is 3.37. The van der Waals surface area contributed by atoms with E-state index < -0.39 is 13.3 Å². The summed E-state index contributed by atoms with van der Waals surface area (Å²) in [4.78, 5) is 4.88. The van der Waals surface area contributed by atoms with E-state index in [1.54, 1.807) is 6.20 Å². The molecule has 0 unspecified atom stereocenters. The fraction of sp³-hybridized carbons (Fsp3) is 0.115. The normalized spacial score (nSPS) is 12.2.